The van der Waals surface area contributed by atoms with Crippen molar-refractivity contribution >= 4 is 17.6 Å². The second-order valence-electron chi connectivity index (χ2n) is 5.82. The Bertz CT molecular complexity index is 602. The molecule has 1 aliphatic carbocycles. The van der Waals surface area contributed by atoms with Crippen LogP contribution >= 0.6 is 0 Å². The van der Waals surface area contributed by atoms with E-state index in [0.717, 1.165) is 0 Å². The molecular formula is C16H20FNO4. The Morgan fingerprint density at radius 1 is 1.50 bits per heavy atom. The molecule has 0 aliphatic heterocycles. The van der Waals surface area contributed by atoms with Crippen molar-refractivity contribution in [2.45, 2.75) is 27.2 Å². The van der Waals surface area contributed by atoms with Gasteiger partial charge in [-0.1, -0.05) is 13.8 Å². The highest BCUT2D eigenvalue weighted by atomic mass is 19.1. The van der Waals surface area contributed by atoms with Gasteiger partial charge < -0.3 is 15.2 Å². The molecule has 5 nitrogen and oxygen atoms in total. The summed E-state index contributed by atoms with van der Waals surface area (Å²) in [5, 5.41) is 11.8. The van der Waals surface area contributed by atoms with Crippen LogP contribution in [0.5, 0.6) is 5.75 Å². The van der Waals surface area contributed by atoms with Crippen molar-refractivity contribution in [1.29, 1.82) is 0 Å². The van der Waals surface area contributed by atoms with Crippen molar-refractivity contribution < 1.29 is 23.8 Å². The van der Waals surface area contributed by atoms with Crippen molar-refractivity contribution in [1.82, 2.24) is 0 Å². The number of amides is 1. The van der Waals surface area contributed by atoms with E-state index in [-0.39, 0.29) is 18.0 Å². The summed E-state index contributed by atoms with van der Waals surface area (Å²) in [5.41, 5.74) is -1.00. The molecular weight excluding hydrogens is 289 g/mol. The van der Waals surface area contributed by atoms with Gasteiger partial charge in [0.1, 0.15) is 11.6 Å². The molecule has 22 heavy (non-hydrogen) atoms. The molecule has 2 N–H and O–H groups in total. The van der Waals surface area contributed by atoms with Crippen LogP contribution in [0, 0.1) is 23.1 Å². The monoisotopic (exact) mass is 309 g/mol. The molecule has 6 heteroatoms. The maximum atomic E-state index is 13.9. The maximum absolute atomic E-state index is 13.9. The first-order chi connectivity index (χ1) is 10.3. The van der Waals surface area contributed by atoms with Crippen molar-refractivity contribution in [3.63, 3.8) is 0 Å². The van der Waals surface area contributed by atoms with Crippen molar-refractivity contribution in [3.05, 3.63) is 24.0 Å². The summed E-state index contributed by atoms with van der Waals surface area (Å²) < 4.78 is 19.1. The number of hydrogen-bond donors (Lipinski definition) is 2. The van der Waals surface area contributed by atoms with Gasteiger partial charge in [0.15, 0.2) is 0 Å². The van der Waals surface area contributed by atoms with E-state index >= 15 is 0 Å². The Balaban J connectivity index is 2.09. The average Bonchev–Trinajstić information content (AvgIpc) is 3.19. The van der Waals surface area contributed by atoms with Crippen LogP contribution < -0.4 is 10.1 Å². The van der Waals surface area contributed by atoms with Gasteiger partial charge in [-0.25, -0.2) is 4.39 Å². The van der Waals surface area contributed by atoms with Crippen molar-refractivity contribution in [2.24, 2.45) is 17.3 Å². The van der Waals surface area contributed by atoms with Gasteiger partial charge in [0.25, 0.3) is 0 Å². The first-order valence-corrected chi connectivity index (χ1v) is 7.29. The number of carboxylic acids is 1. The van der Waals surface area contributed by atoms with Crippen LogP contribution in [-0.2, 0) is 9.59 Å². The normalized spacial score (nSPS) is 23.2. The molecule has 0 radical (unpaired) electrons. The first kappa shape index (κ1) is 16.3. The fourth-order valence-electron chi connectivity index (χ4n) is 2.80. The molecule has 0 spiro atoms. The van der Waals surface area contributed by atoms with Gasteiger partial charge in [0.05, 0.1) is 23.6 Å². The Kier molecular flexibility index (Phi) is 4.39. The number of carbonyl (C=O) groups excluding carboxylic acids is 1. The lowest BCUT2D eigenvalue weighted by molar-refractivity contribution is -0.147. The molecule has 120 valence electrons. The first-order valence-electron chi connectivity index (χ1n) is 7.29. The van der Waals surface area contributed by atoms with Gasteiger partial charge in [-0.15, -0.1) is 0 Å². The Labute approximate surface area is 128 Å². The number of anilines is 1. The standard InChI is InChI=1S/C16H20FNO4/c1-4-22-10-5-6-13(12(17)7-10)18-14(19)11-8-16(11,9(2)3)15(20)21/h5-7,9,11H,4,8H2,1-3H3,(H,18,19)(H,20,21). The minimum Gasteiger partial charge on any atom is -0.494 e. The second kappa shape index (κ2) is 5.94. The van der Waals surface area contributed by atoms with Crippen LogP contribution in [-0.4, -0.2) is 23.6 Å². The Hall–Kier alpha value is -2.11. The third-order valence-corrected chi connectivity index (χ3v) is 4.26. The lowest BCUT2D eigenvalue weighted by Gasteiger charge is -2.16. The summed E-state index contributed by atoms with van der Waals surface area (Å²) in [6, 6.07) is 4.17. The zero-order chi connectivity index (χ0) is 16.5. The van der Waals surface area contributed by atoms with E-state index in [1.807, 2.05) is 0 Å². The Morgan fingerprint density at radius 3 is 2.64 bits per heavy atom. The molecule has 0 heterocycles. The smallest absolute Gasteiger partial charge is 0.310 e. The molecule has 1 fully saturated rings. The van der Waals surface area contributed by atoms with Crippen LogP contribution in [0.4, 0.5) is 10.1 Å². The molecule has 2 rings (SSSR count). The van der Waals surface area contributed by atoms with Gasteiger partial charge in [-0.2, -0.15) is 0 Å². The van der Waals surface area contributed by atoms with E-state index in [0.29, 0.717) is 12.4 Å². The van der Waals surface area contributed by atoms with E-state index in [4.69, 9.17) is 4.74 Å². The molecule has 1 aliphatic rings. The number of carbonyl (C=O) groups is 2. The van der Waals surface area contributed by atoms with Crippen molar-refractivity contribution in [3.8, 4) is 5.75 Å². The topological polar surface area (TPSA) is 75.6 Å². The fourth-order valence-corrected chi connectivity index (χ4v) is 2.80. The molecule has 1 saturated carbocycles. The number of hydrogen-bond acceptors (Lipinski definition) is 3. The summed E-state index contributed by atoms with van der Waals surface area (Å²) in [6.45, 7) is 5.76. The number of rotatable bonds is 6. The third-order valence-electron chi connectivity index (χ3n) is 4.26. The molecule has 0 bridgehead atoms. The van der Waals surface area contributed by atoms with E-state index in [1.54, 1.807) is 26.8 Å². The molecule has 1 amide bonds. The number of nitrogens with one attached hydrogen (secondary N) is 1. The van der Waals surface area contributed by atoms with Gasteiger partial charge in [0, 0.05) is 6.07 Å². The highest BCUT2D eigenvalue weighted by molar-refractivity contribution is 6.00. The predicted octanol–water partition coefficient (Wildman–Crippen LogP) is 2.91. The van der Waals surface area contributed by atoms with Gasteiger partial charge >= 0.3 is 5.97 Å². The summed E-state index contributed by atoms with van der Waals surface area (Å²) in [6.07, 6.45) is 0.282. The summed E-state index contributed by atoms with van der Waals surface area (Å²) in [7, 11) is 0. The Morgan fingerprint density at radius 2 is 2.18 bits per heavy atom. The summed E-state index contributed by atoms with van der Waals surface area (Å²) >= 11 is 0. The lowest BCUT2D eigenvalue weighted by atomic mass is 9.89. The van der Waals surface area contributed by atoms with Gasteiger partial charge in [0.2, 0.25) is 5.91 Å². The quantitative estimate of drug-likeness (QED) is 0.847. The summed E-state index contributed by atoms with van der Waals surface area (Å²) in [5.74, 6) is -2.45. The highest BCUT2D eigenvalue weighted by Crippen LogP contribution is 2.58. The molecule has 2 unspecified atom stereocenters. The highest BCUT2D eigenvalue weighted by Gasteiger charge is 2.65. The van der Waals surface area contributed by atoms with Crippen LogP contribution in [0.3, 0.4) is 0 Å². The predicted molar refractivity (Wildman–Crippen MR) is 79.2 cm³/mol. The minimum atomic E-state index is -1.04. The molecule has 0 aromatic heterocycles. The average molecular weight is 309 g/mol. The van der Waals surface area contributed by atoms with Crippen molar-refractivity contribution in [2.75, 3.05) is 11.9 Å². The van der Waals surface area contributed by atoms with Gasteiger partial charge in [-0.05, 0) is 31.4 Å². The van der Waals surface area contributed by atoms with Gasteiger partial charge in [-0.3, -0.25) is 9.59 Å². The largest absolute Gasteiger partial charge is 0.494 e. The van der Waals surface area contributed by atoms with E-state index in [2.05, 4.69) is 5.32 Å². The molecule has 0 saturated heterocycles. The number of carboxylic acid groups (broad SMARTS) is 1. The lowest BCUT2D eigenvalue weighted by Crippen LogP contribution is -2.28. The SMILES string of the molecule is CCOc1ccc(NC(=O)C2CC2(C(=O)O)C(C)C)c(F)c1. The van der Waals surface area contributed by atoms with E-state index < -0.39 is 29.0 Å². The number of benzene rings is 1. The molecule has 1 aromatic rings. The number of aliphatic carboxylic acids is 1. The number of halogens is 1. The van der Waals surface area contributed by atoms with Crippen LogP contribution in [0.15, 0.2) is 18.2 Å². The fraction of sp³-hybridized carbons (Fsp3) is 0.500. The van der Waals surface area contributed by atoms with E-state index in [9.17, 15) is 19.1 Å². The number of ether oxygens (including phenoxy) is 1. The maximum Gasteiger partial charge on any atom is 0.310 e. The third kappa shape index (κ3) is 2.77. The van der Waals surface area contributed by atoms with E-state index in [1.165, 1.54) is 12.1 Å². The molecule has 2 atom stereocenters. The summed E-state index contributed by atoms with van der Waals surface area (Å²) in [4.78, 5) is 23.6. The second-order valence-corrected chi connectivity index (χ2v) is 5.82. The molecule has 1 aromatic carbocycles. The zero-order valence-corrected chi connectivity index (χ0v) is 12.9. The zero-order valence-electron chi connectivity index (χ0n) is 12.9. The van der Waals surface area contributed by atoms with Crippen LogP contribution in [0.2, 0.25) is 0 Å². The minimum absolute atomic E-state index is 0.0309. The van der Waals surface area contributed by atoms with Crippen LogP contribution in [0.1, 0.15) is 27.2 Å². The van der Waals surface area contributed by atoms with Crippen LogP contribution in [0.25, 0.3) is 0 Å².